The molecule has 1 aromatic heterocycles. The summed E-state index contributed by atoms with van der Waals surface area (Å²) >= 11 is 0. The van der Waals surface area contributed by atoms with Crippen molar-refractivity contribution in [1.82, 2.24) is 4.57 Å². The Morgan fingerprint density at radius 1 is 1.17 bits per heavy atom. The number of nitrogens with zero attached hydrogens (tertiary/aromatic N) is 1. The van der Waals surface area contributed by atoms with Gasteiger partial charge >= 0.3 is 0 Å². The average molecular weight is 243 g/mol. The number of aliphatic hydroxyl groups excluding tert-OH is 1. The Labute approximate surface area is 106 Å². The van der Waals surface area contributed by atoms with Crippen molar-refractivity contribution in [2.24, 2.45) is 0 Å². The second-order valence-corrected chi connectivity index (χ2v) is 4.61. The van der Waals surface area contributed by atoms with E-state index in [-0.39, 0.29) is 5.43 Å². The fourth-order valence-electron chi connectivity index (χ4n) is 2.06. The van der Waals surface area contributed by atoms with Crippen molar-refractivity contribution in [1.29, 1.82) is 0 Å². The molecule has 1 aromatic carbocycles. The molecule has 2 rings (SSSR count). The highest BCUT2D eigenvalue weighted by Crippen LogP contribution is 2.20. The summed E-state index contributed by atoms with van der Waals surface area (Å²) in [6, 6.07) is 9.00. The van der Waals surface area contributed by atoms with Crippen molar-refractivity contribution in [3.05, 3.63) is 69.6 Å². The minimum Gasteiger partial charge on any atom is -0.387 e. The van der Waals surface area contributed by atoms with Crippen LogP contribution in [0.5, 0.6) is 0 Å². The van der Waals surface area contributed by atoms with Gasteiger partial charge in [0.2, 0.25) is 0 Å². The van der Waals surface area contributed by atoms with Gasteiger partial charge in [-0.05, 0) is 25.0 Å². The first-order valence-corrected chi connectivity index (χ1v) is 5.97. The Balaban J connectivity index is 2.18. The molecule has 0 bridgehead atoms. The molecule has 3 nitrogen and oxygen atoms in total. The minimum atomic E-state index is -0.562. The van der Waals surface area contributed by atoms with Gasteiger partial charge in [0.1, 0.15) is 0 Å². The molecule has 18 heavy (non-hydrogen) atoms. The predicted molar refractivity (Wildman–Crippen MR) is 71.6 cm³/mol. The molecule has 1 atom stereocenters. The van der Waals surface area contributed by atoms with E-state index in [4.69, 9.17) is 0 Å². The lowest BCUT2D eigenvalue weighted by Crippen LogP contribution is -2.11. The number of benzene rings is 1. The van der Waals surface area contributed by atoms with Crippen molar-refractivity contribution in [2.45, 2.75) is 26.5 Å². The van der Waals surface area contributed by atoms with E-state index in [1.807, 2.05) is 30.5 Å². The predicted octanol–water partition coefficient (Wildman–Crippen LogP) is 2.20. The van der Waals surface area contributed by atoms with E-state index in [0.717, 1.165) is 11.1 Å². The summed E-state index contributed by atoms with van der Waals surface area (Å²) in [5.74, 6) is 0. The van der Waals surface area contributed by atoms with E-state index < -0.39 is 6.10 Å². The summed E-state index contributed by atoms with van der Waals surface area (Å²) in [7, 11) is 0. The summed E-state index contributed by atoms with van der Waals surface area (Å²) in [5, 5.41) is 10.2. The Bertz CT molecular complexity index is 581. The van der Waals surface area contributed by atoms with Crippen LogP contribution in [0.2, 0.25) is 0 Å². The summed E-state index contributed by atoms with van der Waals surface area (Å²) in [6.45, 7) is 4.48. The normalized spacial score (nSPS) is 12.4. The molecule has 0 saturated heterocycles. The Morgan fingerprint density at radius 2 is 1.83 bits per heavy atom. The highest BCUT2D eigenvalue weighted by molar-refractivity contribution is 5.31. The number of hydrogen-bond donors (Lipinski definition) is 1. The first-order chi connectivity index (χ1) is 8.56. The lowest BCUT2D eigenvalue weighted by Gasteiger charge is -2.16. The molecular weight excluding hydrogens is 226 g/mol. The van der Waals surface area contributed by atoms with Crippen LogP contribution < -0.4 is 5.43 Å². The largest absolute Gasteiger partial charge is 0.387 e. The maximum absolute atomic E-state index is 11.0. The number of pyridine rings is 1. The molecular formula is C15H17NO2. The van der Waals surface area contributed by atoms with Crippen LogP contribution >= 0.6 is 0 Å². The zero-order valence-electron chi connectivity index (χ0n) is 10.6. The molecule has 94 valence electrons. The topological polar surface area (TPSA) is 42.2 Å². The van der Waals surface area contributed by atoms with Gasteiger partial charge in [0.25, 0.3) is 0 Å². The van der Waals surface area contributed by atoms with Gasteiger partial charge in [-0.1, -0.05) is 23.8 Å². The number of aromatic nitrogens is 1. The van der Waals surface area contributed by atoms with Crippen LogP contribution in [0.4, 0.5) is 0 Å². The monoisotopic (exact) mass is 243 g/mol. The van der Waals surface area contributed by atoms with E-state index in [1.165, 1.54) is 17.7 Å². The lowest BCUT2D eigenvalue weighted by atomic mass is 10.0. The van der Waals surface area contributed by atoms with Gasteiger partial charge in [0, 0.05) is 24.5 Å². The molecule has 1 heterocycles. The first-order valence-electron chi connectivity index (χ1n) is 5.97. The molecule has 1 N–H and O–H groups in total. The van der Waals surface area contributed by atoms with Gasteiger partial charge < -0.3 is 9.67 Å². The molecule has 0 spiro atoms. The molecule has 3 heteroatoms. The van der Waals surface area contributed by atoms with Crippen LogP contribution in [0.3, 0.4) is 0 Å². The van der Waals surface area contributed by atoms with Gasteiger partial charge in [0.15, 0.2) is 5.43 Å². The summed E-state index contributed by atoms with van der Waals surface area (Å²) in [6.07, 6.45) is 2.82. The number of aliphatic hydroxyl groups is 1. The number of aryl methyl sites for hydroxylation is 2. The summed E-state index contributed by atoms with van der Waals surface area (Å²) in [5.41, 5.74) is 3.18. The fraction of sp³-hybridized carbons (Fsp3) is 0.267. The average Bonchev–Trinajstić information content (AvgIpc) is 2.32. The molecule has 0 aliphatic carbocycles. The molecule has 0 fully saturated rings. The zero-order valence-corrected chi connectivity index (χ0v) is 10.6. The van der Waals surface area contributed by atoms with Crippen molar-refractivity contribution in [3.63, 3.8) is 0 Å². The Morgan fingerprint density at radius 3 is 2.44 bits per heavy atom. The summed E-state index contributed by atoms with van der Waals surface area (Å²) in [4.78, 5) is 11.0. The van der Waals surface area contributed by atoms with Crippen LogP contribution in [0, 0.1) is 13.8 Å². The lowest BCUT2D eigenvalue weighted by molar-refractivity contribution is 0.155. The van der Waals surface area contributed by atoms with Crippen molar-refractivity contribution in [2.75, 3.05) is 0 Å². The molecule has 0 amide bonds. The molecule has 0 aliphatic heterocycles. The van der Waals surface area contributed by atoms with Gasteiger partial charge in [-0.25, -0.2) is 0 Å². The molecule has 2 aromatic rings. The molecule has 0 aliphatic rings. The van der Waals surface area contributed by atoms with Crippen LogP contribution in [-0.2, 0) is 6.54 Å². The van der Waals surface area contributed by atoms with E-state index >= 15 is 0 Å². The third-order valence-corrected chi connectivity index (χ3v) is 3.03. The van der Waals surface area contributed by atoms with E-state index in [1.54, 1.807) is 12.4 Å². The second-order valence-electron chi connectivity index (χ2n) is 4.61. The zero-order chi connectivity index (χ0) is 13.1. The smallest absolute Gasteiger partial charge is 0.181 e. The van der Waals surface area contributed by atoms with Crippen LogP contribution in [0.15, 0.2) is 47.5 Å². The number of hydrogen-bond acceptors (Lipinski definition) is 2. The van der Waals surface area contributed by atoms with E-state index in [0.29, 0.717) is 6.54 Å². The Hall–Kier alpha value is -1.87. The van der Waals surface area contributed by atoms with E-state index in [2.05, 4.69) is 6.07 Å². The molecule has 0 radical (unpaired) electrons. The van der Waals surface area contributed by atoms with Crippen molar-refractivity contribution < 1.29 is 5.11 Å². The van der Waals surface area contributed by atoms with Crippen molar-refractivity contribution >= 4 is 0 Å². The van der Waals surface area contributed by atoms with Crippen LogP contribution in [0.25, 0.3) is 0 Å². The fourth-order valence-corrected chi connectivity index (χ4v) is 2.06. The maximum atomic E-state index is 11.0. The molecule has 1 unspecified atom stereocenters. The third-order valence-electron chi connectivity index (χ3n) is 3.03. The van der Waals surface area contributed by atoms with Crippen LogP contribution in [-0.4, -0.2) is 9.67 Å². The first kappa shape index (κ1) is 12.6. The minimum absolute atomic E-state index is 0.0211. The van der Waals surface area contributed by atoms with Gasteiger partial charge in [0.05, 0.1) is 12.6 Å². The third kappa shape index (κ3) is 2.87. The summed E-state index contributed by atoms with van der Waals surface area (Å²) < 4.78 is 1.81. The molecule has 0 saturated carbocycles. The van der Waals surface area contributed by atoms with Gasteiger partial charge in [-0.3, -0.25) is 4.79 Å². The second kappa shape index (κ2) is 5.19. The SMILES string of the molecule is Cc1ccc(C(O)Cn2ccc(=O)cc2)c(C)c1. The van der Waals surface area contributed by atoms with Crippen molar-refractivity contribution in [3.8, 4) is 0 Å². The van der Waals surface area contributed by atoms with Gasteiger partial charge in [-0.2, -0.15) is 0 Å². The maximum Gasteiger partial charge on any atom is 0.181 e. The highest BCUT2D eigenvalue weighted by atomic mass is 16.3. The van der Waals surface area contributed by atoms with E-state index in [9.17, 15) is 9.90 Å². The quantitative estimate of drug-likeness (QED) is 0.898. The van der Waals surface area contributed by atoms with Gasteiger partial charge in [-0.15, -0.1) is 0 Å². The number of rotatable bonds is 3. The standard InChI is InChI=1S/C15H17NO2/c1-11-3-4-14(12(2)9-11)15(18)10-16-7-5-13(17)6-8-16/h3-9,15,18H,10H2,1-2H3. The van der Waals surface area contributed by atoms with Crippen LogP contribution in [0.1, 0.15) is 22.8 Å². The Kier molecular flexibility index (Phi) is 3.63. The highest BCUT2D eigenvalue weighted by Gasteiger charge is 2.10.